The monoisotopic (exact) mass is 228 g/mol. The Morgan fingerprint density at radius 1 is 1.38 bits per heavy atom. The van der Waals surface area contributed by atoms with Gasteiger partial charge in [-0.25, -0.2) is 0 Å². The maximum Gasteiger partial charge on any atom is 0.222 e. The SMILES string of the molecule is CC1CN(C(=O)CCCCCCN)CCO1. The smallest absolute Gasteiger partial charge is 0.222 e. The molecule has 2 N–H and O–H groups in total. The first-order valence-electron chi connectivity index (χ1n) is 6.33. The van der Waals surface area contributed by atoms with E-state index in [2.05, 4.69) is 0 Å². The first-order valence-corrected chi connectivity index (χ1v) is 6.33. The second-order valence-corrected chi connectivity index (χ2v) is 4.47. The summed E-state index contributed by atoms with van der Waals surface area (Å²) in [6.45, 7) is 4.96. The van der Waals surface area contributed by atoms with Gasteiger partial charge in [-0.05, 0) is 26.3 Å². The first-order chi connectivity index (χ1) is 7.74. The summed E-state index contributed by atoms with van der Waals surface area (Å²) in [6.07, 6.45) is 5.19. The molecule has 1 fully saturated rings. The highest BCUT2D eigenvalue weighted by Crippen LogP contribution is 2.09. The van der Waals surface area contributed by atoms with Crippen molar-refractivity contribution in [1.82, 2.24) is 4.90 Å². The fourth-order valence-corrected chi connectivity index (χ4v) is 1.98. The summed E-state index contributed by atoms with van der Waals surface area (Å²) in [7, 11) is 0. The minimum atomic E-state index is 0.190. The van der Waals surface area contributed by atoms with Crippen LogP contribution in [0.3, 0.4) is 0 Å². The molecule has 4 nitrogen and oxygen atoms in total. The normalized spacial score (nSPS) is 21.1. The molecule has 1 rings (SSSR count). The molecule has 0 aliphatic carbocycles. The largest absolute Gasteiger partial charge is 0.375 e. The number of morpholine rings is 1. The van der Waals surface area contributed by atoms with E-state index in [9.17, 15) is 4.79 Å². The topological polar surface area (TPSA) is 55.6 Å². The van der Waals surface area contributed by atoms with Crippen LogP contribution >= 0.6 is 0 Å². The van der Waals surface area contributed by atoms with Gasteiger partial charge in [0.05, 0.1) is 12.7 Å². The molecule has 1 aliphatic rings. The van der Waals surface area contributed by atoms with Gasteiger partial charge in [0.15, 0.2) is 0 Å². The lowest BCUT2D eigenvalue weighted by atomic mass is 10.1. The number of nitrogens with two attached hydrogens (primary N) is 1. The fourth-order valence-electron chi connectivity index (χ4n) is 1.98. The summed E-state index contributed by atoms with van der Waals surface area (Å²) in [5, 5.41) is 0. The van der Waals surface area contributed by atoms with Gasteiger partial charge in [0, 0.05) is 19.5 Å². The van der Waals surface area contributed by atoms with Crippen LogP contribution in [-0.4, -0.2) is 43.2 Å². The van der Waals surface area contributed by atoms with Crippen molar-refractivity contribution >= 4 is 5.91 Å². The fraction of sp³-hybridized carbons (Fsp3) is 0.917. The number of amides is 1. The van der Waals surface area contributed by atoms with Gasteiger partial charge in [-0.2, -0.15) is 0 Å². The molecule has 94 valence electrons. The van der Waals surface area contributed by atoms with Crippen LogP contribution in [0, 0.1) is 0 Å². The number of nitrogens with zero attached hydrogens (tertiary/aromatic N) is 1. The third kappa shape index (κ3) is 4.94. The molecule has 1 heterocycles. The molecular weight excluding hydrogens is 204 g/mol. The Labute approximate surface area is 98.1 Å². The highest BCUT2D eigenvalue weighted by atomic mass is 16.5. The number of ether oxygens (including phenoxy) is 1. The van der Waals surface area contributed by atoms with E-state index in [1.807, 2.05) is 11.8 Å². The summed E-state index contributed by atoms with van der Waals surface area (Å²) >= 11 is 0. The van der Waals surface area contributed by atoms with Crippen molar-refractivity contribution < 1.29 is 9.53 Å². The molecule has 0 spiro atoms. The second kappa shape index (κ2) is 7.63. The van der Waals surface area contributed by atoms with Crippen molar-refractivity contribution in [3.63, 3.8) is 0 Å². The molecule has 0 aromatic rings. The zero-order valence-corrected chi connectivity index (χ0v) is 10.3. The van der Waals surface area contributed by atoms with E-state index >= 15 is 0 Å². The lowest BCUT2D eigenvalue weighted by Crippen LogP contribution is -2.44. The van der Waals surface area contributed by atoms with Crippen LogP contribution in [0.1, 0.15) is 39.0 Å². The molecule has 0 radical (unpaired) electrons. The van der Waals surface area contributed by atoms with E-state index in [1.54, 1.807) is 0 Å². The maximum atomic E-state index is 11.8. The molecular formula is C12H24N2O2. The van der Waals surface area contributed by atoms with E-state index in [4.69, 9.17) is 10.5 Å². The standard InChI is InChI=1S/C12H24N2O2/c1-11-10-14(8-9-16-11)12(15)6-4-2-3-5-7-13/h11H,2-10,13H2,1H3. The van der Waals surface area contributed by atoms with E-state index in [0.717, 1.165) is 45.3 Å². The predicted octanol–water partition coefficient (Wildman–Crippen LogP) is 1.14. The molecule has 4 heteroatoms. The third-order valence-electron chi connectivity index (χ3n) is 2.94. The van der Waals surface area contributed by atoms with Gasteiger partial charge in [-0.15, -0.1) is 0 Å². The van der Waals surface area contributed by atoms with Gasteiger partial charge in [0.25, 0.3) is 0 Å². The average Bonchev–Trinajstić information content (AvgIpc) is 2.28. The molecule has 0 saturated carbocycles. The van der Waals surface area contributed by atoms with Crippen molar-refractivity contribution in [2.75, 3.05) is 26.2 Å². The summed E-state index contributed by atoms with van der Waals surface area (Å²) in [5.41, 5.74) is 5.41. The number of unbranched alkanes of at least 4 members (excludes halogenated alkanes) is 3. The third-order valence-corrected chi connectivity index (χ3v) is 2.94. The quantitative estimate of drug-likeness (QED) is 0.694. The van der Waals surface area contributed by atoms with E-state index in [0.29, 0.717) is 13.0 Å². The minimum Gasteiger partial charge on any atom is -0.375 e. The van der Waals surface area contributed by atoms with Crippen LogP contribution in [0.15, 0.2) is 0 Å². The van der Waals surface area contributed by atoms with Gasteiger partial charge < -0.3 is 15.4 Å². The van der Waals surface area contributed by atoms with Gasteiger partial charge in [0.1, 0.15) is 0 Å². The number of hydrogen-bond donors (Lipinski definition) is 1. The van der Waals surface area contributed by atoms with Crippen molar-refractivity contribution in [2.45, 2.75) is 45.1 Å². The zero-order chi connectivity index (χ0) is 11.8. The number of rotatable bonds is 6. The Bertz CT molecular complexity index is 209. The number of hydrogen-bond acceptors (Lipinski definition) is 3. The summed E-state index contributed by atoms with van der Waals surface area (Å²) in [6, 6.07) is 0. The summed E-state index contributed by atoms with van der Waals surface area (Å²) in [5.74, 6) is 0.280. The van der Waals surface area contributed by atoms with Crippen LogP contribution in [-0.2, 0) is 9.53 Å². The lowest BCUT2D eigenvalue weighted by molar-refractivity contribution is -0.138. The van der Waals surface area contributed by atoms with Crippen molar-refractivity contribution in [2.24, 2.45) is 5.73 Å². The summed E-state index contributed by atoms with van der Waals surface area (Å²) in [4.78, 5) is 13.7. The molecule has 1 aliphatic heterocycles. The molecule has 16 heavy (non-hydrogen) atoms. The van der Waals surface area contributed by atoms with Crippen molar-refractivity contribution in [3.8, 4) is 0 Å². The Morgan fingerprint density at radius 3 is 2.81 bits per heavy atom. The van der Waals surface area contributed by atoms with Crippen molar-refractivity contribution in [1.29, 1.82) is 0 Å². The molecule has 1 saturated heterocycles. The minimum absolute atomic E-state index is 0.190. The number of carbonyl (C=O) groups excluding carboxylic acids is 1. The highest BCUT2D eigenvalue weighted by Gasteiger charge is 2.20. The Morgan fingerprint density at radius 2 is 2.12 bits per heavy atom. The van der Waals surface area contributed by atoms with Crippen LogP contribution in [0.2, 0.25) is 0 Å². The predicted molar refractivity (Wildman–Crippen MR) is 64.1 cm³/mol. The van der Waals surface area contributed by atoms with Crippen LogP contribution < -0.4 is 5.73 Å². The van der Waals surface area contributed by atoms with Gasteiger partial charge in [-0.3, -0.25) is 4.79 Å². The molecule has 0 aromatic carbocycles. The van der Waals surface area contributed by atoms with Crippen LogP contribution in [0.5, 0.6) is 0 Å². The Kier molecular flexibility index (Phi) is 6.42. The van der Waals surface area contributed by atoms with Crippen molar-refractivity contribution in [3.05, 3.63) is 0 Å². The van der Waals surface area contributed by atoms with E-state index in [1.165, 1.54) is 0 Å². The lowest BCUT2D eigenvalue weighted by Gasteiger charge is -2.31. The molecule has 1 amide bonds. The zero-order valence-electron chi connectivity index (χ0n) is 10.3. The molecule has 1 unspecified atom stereocenters. The van der Waals surface area contributed by atoms with Gasteiger partial charge in [0.2, 0.25) is 5.91 Å². The van der Waals surface area contributed by atoms with Crippen LogP contribution in [0.25, 0.3) is 0 Å². The second-order valence-electron chi connectivity index (χ2n) is 4.47. The number of carbonyl (C=O) groups is 1. The first kappa shape index (κ1) is 13.5. The summed E-state index contributed by atoms with van der Waals surface area (Å²) < 4.78 is 5.41. The Balaban J connectivity index is 2.09. The van der Waals surface area contributed by atoms with E-state index in [-0.39, 0.29) is 12.0 Å². The van der Waals surface area contributed by atoms with Gasteiger partial charge in [-0.1, -0.05) is 12.8 Å². The highest BCUT2D eigenvalue weighted by molar-refractivity contribution is 5.76. The van der Waals surface area contributed by atoms with Crippen LogP contribution in [0.4, 0.5) is 0 Å². The Hall–Kier alpha value is -0.610. The van der Waals surface area contributed by atoms with Gasteiger partial charge >= 0.3 is 0 Å². The van der Waals surface area contributed by atoms with E-state index < -0.39 is 0 Å². The molecule has 0 aromatic heterocycles. The maximum absolute atomic E-state index is 11.8. The molecule has 0 bridgehead atoms. The molecule has 1 atom stereocenters. The average molecular weight is 228 g/mol.